The van der Waals surface area contributed by atoms with E-state index in [0.29, 0.717) is 13.1 Å². The van der Waals surface area contributed by atoms with Gasteiger partial charge >= 0.3 is 6.09 Å². The monoisotopic (exact) mass is 226 g/mol. The smallest absolute Gasteiger partial charge is 0.410 e. The molecule has 1 N–H and O–H groups in total. The number of nitrogens with one attached hydrogen (secondary N) is 1. The van der Waals surface area contributed by atoms with Crippen LogP contribution >= 0.6 is 0 Å². The lowest BCUT2D eigenvalue weighted by atomic mass is 10.0. The van der Waals surface area contributed by atoms with E-state index in [-0.39, 0.29) is 24.0 Å². The number of carbonyl (C=O) groups is 2. The third-order valence-electron chi connectivity index (χ3n) is 2.93. The molecule has 2 bridgehead atoms. The van der Waals surface area contributed by atoms with Crippen molar-refractivity contribution >= 4 is 12.0 Å². The zero-order valence-electron chi connectivity index (χ0n) is 9.95. The summed E-state index contributed by atoms with van der Waals surface area (Å²) >= 11 is 0. The van der Waals surface area contributed by atoms with Gasteiger partial charge in [0, 0.05) is 13.1 Å². The molecule has 2 rings (SSSR count). The molecule has 16 heavy (non-hydrogen) atoms. The highest BCUT2D eigenvalue weighted by molar-refractivity contribution is 5.82. The Labute approximate surface area is 95.1 Å². The second kappa shape index (κ2) is 3.64. The van der Waals surface area contributed by atoms with Crippen LogP contribution in [0.2, 0.25) is 0 Å². The maximum absolute atomic E-state index is 11.9. The molecule has 0 aromatic carbocycles. The predicted molar refractivity (Wildman–Crippen MR) is 57.8 cm³/mol. The van der Waals surface area contributed by atoms with Gasteiger partial charge in [0.15, 0.2) is 0 Å². The summed E-state index contributed by atoms with van der Waals surface area (Å²) in [5, 5.41) is 2.80. The number of likely N-dealkylation sites (tertiary alicyclic amines) is 1. The number of piperidine rings is 1. The summed E-state index contributed by atoms with van der Waals surface area (Å²) in [6.07, 6.45) is 0.460. The Kier molecular flexibility index (Phi) is 2.56. The average Bonchev–Trinajstić information content (AvgIpc) is 2.49. The standard InChI is InChI=1S/C11H18N2O3/c1-11(2,3)16-10(15)13-6-7-4-8(13)5-12-9(7)14/h7-8H,4-6H2,1-3H3,(H,12,14)/t7-,8-/m1/s1. The number of hydrogen-bond acceptors (Lipinski definition) is 3. The van der Waals surface area contributed by atoms with Crippen molar-refractivity contribution in [2.24, 2.45) is 5.92 Å². The predicted octanol–water partition coefficient (Wildman–Crippen LogP) is 0.742. The molecule has 2 fully saturated rings. The summed E-state index contributed by atoms with van der Waals surface area (Å²) in [7, 11) is 0. The van der Waals surface area contributed by atoms with E-state index in [0.717, 1.165) is 6.42 Å². The number of carbonyl (C=O) groups excluding carboxylic acids is 2. The topological polar surface area (TPSA) is 58.6 Å². The van der Waals surface area contributed by atoms with E-state index in [9.17, 15) is 9.59 Å². The summed E-state index contributed by atoms with van der Waals surface area (Å²) in [4.78, 5) is 25.0. The molecule has 0 unspecified atom stereocenters. The van der Waals surface area contributed by atoms with Crippen LogP contribution in [-0.4, -0.2) is 41.6 Å². The van der Waals surface area contributed by atoms with Gasteiger partial charge in [-0.15, -0.1) is 0 Å². The Morgan fingerprint density at radius 1 is 1.50 bits per heavy atom. The number of ether oxygens (including phenoxy) is 1. The highest BCUT2D eigenvalue weighted by Crippen LogP contribution is 2.27. The van der Waals surface area contributed by atoms with Gasteiger partial charge in [0.1, 0.15) is 5.60 Å². The van der Waals surface area contributed by atoms with Gasteiger partial charge in [-0.05, 0) is 27.2 Å². The first-order valence-corrected chi connectivity index (χ1v) is 5.64. The number of nitrogens with zero attached hydrogens (tertiary/aromatic N) is 1. The molecule has 0 aromatic rings. The minimum atomic E-state index is -0.481. The van der Waals surface area contributed by atoms with Gasteiger partial charge in [-0.1, -0.05) is 0 Å². The number of fused-ring (bicyclic) bond motifs is 2. The van der Waals surface area contributed by atoms with E-state index in [1.54, 1.807) is 4.90 Å². The SMILES string of the molecule is CC(C)(C)OC(=O)N1C[C@H]2C[C@@H]1CNC2=O. The highest BCUT2D eigenvalue weighted by Gasteiger charge is 2.43. The third kappa shape index (κ3) is 2.13. The van der Waals surface area contributed by atoms with E-state index in [2.05, 4.69) is 5.32 Å². The van der Waals surface area contributed by atoms with Crippen LogP contribution < -0.4 is 5.32 Å². The molecule has 2 aliphatic heterocycles. The van der Waals surface area contributed by atoms with Crippen LogP contribution in [0.5, 0.6) is 0 Å². The highest BCUT2D eigenvalue weighted by atomic mass is 16.6. The van der Waals surface area contributed by atoms with Crippen LogP contribution in [-0.2, 0) is 9.53 Å². The molecule has 2 heterocycles. The molecular weight excluding hydrogens is 208 g/mol. The molecule has 2 atom stereocenters. The van der Waals surface area contributed by atoms with E-state index in [4.69, 9.17) is 4.74 Å². The van der Waals surface area contributed by atoms with E-state index in [1.165, 1.54) is 0 Å². The molecule has 5 nitrogen and oxygen atoms in total. The molecular formula is C11H18N2O3. The number of rotatable bonds is 0. The molecule has 2 aliphatic rings. The summed E-state index contributed by atoms with van der Waals surface area (Å²) in [5.74, 6) is 0.00794. The van der Waals surface area contributed by atoms with Crippen LogP contribution in [0, 0.1) is 5.92 Å². The molecule has 90 valence electrons. The number of amides is 2. The Hall–Kier alpha value is -1.26. The fraction of sp³-hybridized carbons (Fsp3) is 0.818. The molecule has 0 aliphatic carbocycles. The maximum Gasteiger partial charge on any atom is 0.410 e. The molecule has 0 aromatic heterocycles. The third-order valence-corrected chi connectivity index (χ3v) is 2.93. The second-order valence-corrected chi connectivity index (χ2v) is 5.46. The van der Waals surface area contributed by atoms with Gasteiger partial charge in [-0.25, -0.2) is 4.79 Å². The largest absolute Gasteiger partial charge is 0.444 e. The summed E-state index contributed by atoms with van der Waals surface area (Å²) in [6, 6.07) is 0.109. The Morgan fingerprint density at radius 3 is 2.75 bits per heavy atom. The lowest BCUT2D eigenvalue weighted by Crippen LogP contribution is -2.45. The first kappa shape index (κ1) is 11.2. The van der Waals surface area contributed by atoms with E-state index in [1.807, 2.05) is 20.8 Å². The van der Waals surface area contributed by atoms with Crippen molar-refractivity contribution in [2.75, 3.05) is 13.1 Å². The summed E-state index contributed by atoms with van der Waals surface area (Å²) in [6.45, 7) is 6.57. The molecule has 0 spiro atoms. The van der Waals surface area contributed by atoms with Crippen LogP contribution in [0.15, 0.2) is 0 Å². The van der Waals surface area contributed by atoms with Crippen LogP contribution in [0.4, 0.5) is 4.79 Å². The van der Waals surface area contributed by atoms with Crippen molar-refractivity contribution in [2.45, 2.75) is 38.8 Å². The quantitative estimate of drug-likeness (QED) is 0.663. The molecule has 0 radical (unpaired) electrons. The summed E-state index contributed by atoms with van der Waals surface area (Å²) < 4.78 is 5.31. The summed E-state index contributed by atoms with van der Waals surface area (Å²) in [5.41, 5.74) is -0.481. The number of hydrogen-bond donors (Lipinski definition) is 1. The van der Waals surface area contributed by atoms with Crippen molar-refractivity contribution in [1.82, 2.24) is 10.2 Å². The van der Waals surface area contributed by atoms with Crippen LogP contribution in [0.3, 0.4) is 0 Å². The fourth-order valence-corrected chi connectivity index (χ4v) is 2.21. The Bertz CT molecular complexity index is 322. The molecule has 0 saturated carbocycles. The van der Waals surface area contributed by atoms with E-state index >= 15 is 0 Å². The second-order valence-electron chi connectivity index (χ2n) is 5.46. The maximum atomic E-state index is 11.9. The van der Waals surface area contributed by atoms with Crippen molar-refractivity contribution in [3.8, 4) is 0 Å². The minimum absolute atomic E-state index is 0.0498. The molecule has 5 heteroatoms. The molecule has 2 saturated heterocycles. The van der Waals surface area contributed by atoms with Crippen molar-refractivity contribution < 1.29 is 14.3 Å². The van der Waals surface area contributed by atoms with E-state index < -0.39 is 5.60 Å². The Balaban J connectivity index is 2.01. The van der Waals surface area contributed by atoms with Crippen LogP contribution in [0.1, 0.15) is 27.2 Å². The fourth-order valence-electron chi connectivity index (χ4n) is 2.21. The first-order valence-electron chi connectivity index (χ1n) is 5.64. The van der Waals surface area contributed by atoms with Gasteiger partial charge in [-0.2, -0.15) is 0 Å². The van der Waals surface area contributed by atoms with Crippen molar-refractivity contribution in [3.05, 3.63) is 0 Å². The van der Waals surface area contributed by atoms with Crippen LogP contribution in [0.25, 0.3) is 0 Å². The molecule has 2 amide bonds. The van der Waals surface area contributed by atoms with Crippen molar-refractivity contribution in [1.29, 1.82) is 0 Å². The lowest BCUT2D eigenvalue weighted by Gasteiger charge is -2.28. The lowest BCUT2D eigenvalue weighted by molar-refractivity contribution is -0.125. The minimum Gasteiger partial charge on any atom is -0.444 e. The van der Waals surface area contributed by atoms with Gasteiger partial charge in [0.05, 0.1) is 12.0 Å². The van der Waals surface area contributed by atoms with Gasteiger partial charge < -0.3 is 15.0 Å². The zero-order chi connectivity index (χ0) is 11.9. The van der Waals surface area contributed by atoms with Crippen molar-refractivity contribution in [3.63, 3.8) is 0 Å². The van der Waals surface area contributed by atoms with Gasteiger partial charge in [-0.3, -0.25) is 4.79 Å². The average molecular weight is 226 g/mol. The Morgan fingerprint density at radius 2 is 2.19 bits per heavy atom. The zero-order valence-corrected chi connectivity index (χ0v) is 9.95. The van der Waals surface area contributed by atoms with Gasteiger partial charge in [0.2, 0.25) is 5.91 Å². The first-order chi connectivity index (χ1) is 7.37. The van der Waals surface area contributed by atoms with Gasteiger partial charge in [0.25, 0.3) is 0 Å². The normalized spacial score (nSPS) is 28.9.